The topological polar surface area (TPSA) is 94.9 Å². The third kappa shape index (κ3) is 5.54. The third-order valence-corrected chi connectivity index (χ3v) is 1.05. The maximum absolute atomic E-state index is 10.1. The fourth-order valence-electron chi connectivity index (χ4n) is 0.673. The number of carboxylic acid groups (broad SMARTS) is 2. The van der Waals surface area contributed by atoms with Gasteiger partial charge in [0.1, 0.15) is 0 Å². The second kappa shape index (κ2) is 5.42. The zero-order chi connectivity index (χ0) is 9.56. The molecule has 7 heteroatoms. The van der Waals surface area contributed by atoms with E-state index in [2.05, 4.69) is 0 Å². The Morgan fingerprint density at radius 2 is 1.58 bits per heavy atom. The van der Waals surface area contributed by atoms with Crippen molar-refractivity contribution < 1.29 is 24.5 Å². The average Bonchev–Trinajstić information content (AvgIpc) is 1.84. The van der Waals surface area contributed by atoms with Crippen molar-refractivity contribution in [2.75, 3.05) is 19.5 Å². The summed E-state index contributed by atoms with van der Waals surface area (Å²) in [6, 6.07) is 0. The van der Waals surface area contributed by atoms with Gasteiger partial charge in [0, 0.05) is 0 Å². The molecule has 0 saturated carbocycles. The fraction of sp³-hybridized carbons (Fsp3) is 0.600. The Morgan fingerprint density at radius 3 is 1.83 bits per heavy atom. The summed E-state index contributed by atoms with van der Waals surface area (Å²) >= 11 is 0. The molecule has 66 valence electrons. The average molecular weight is 173 g/mol. The molecule has 6 nitrogen and oxygen atoms in total. The summed E-state index contributed by atoms with van der Waals surface area (Å²) in [5.41, 5.74) is 0. The van der Waals surface area contributed by atoms with Crippen LogP contribution in [0.3, 0.4) is 0 Å². The number of nitrogens with zero attached hydrogens (tertiary/aromatic N) is 1. The molecule has 0 fully saturated rings. The molecule has 0 heterocycles. The Bertz CT molecular complexity index is 178. The van der Waals surface area contributed by atoms with E-state index in [-0.39, 0.29) is 6.44 Å². The van der Waals surface area contributed by atoms with Crippen LogP contribution >= 0.6 is 0 Å². The van der Waals surface area contributed by atoms with Gasteiger partial charge in [0.2, 0.25) is 0 Å². The van der Waals surface area contributed by atoms with Gasteiger partial charge in [-0.25, -0.2) is 0 Å². The van der Waals surface area contributed by atoms with Gasteiger partial charge in [0.15, 0.2) is 0 Å². The first kappa shape index (κ1) is 10.8. The summed E-state index contributed by atoms with van der Waals surface area (Å²) in [6.45, 7) is -0.879. The number of carboxylic acids is 2. The minimum absolute atomic E-state index is 0.182. The van der Waals surface area contributed by atoms with Crippen molar-refractivity contribution in [1.29, 1.82) is 0 Å². The predicted molar refractivity (Wildman–Crippen MR) is 38.2 cm³/mol. The van der Waals surface area contributed by atoms with Crippen molar-refractivity contribution >= 4 is 19.1 Å². The van der Waals surface area contributed by atoms with Gasteiger partial charge in [-0.3, -0.25) is 0 Å². The van der Waals surface area contributed by atoms with Crippen molar-refractivity contribution in [3.05, 3.63) is 0 Å². The van der Waals surface area contributed by atoms with Crippen LogP contribution < -0.4 is 0 Å². The third-order valence-electron chi connectivity index (χ3n) is 1.05. The molecule has 0 saturated heterocycles. The van der Waals surface area contributed by atoms with E-state index in [1.165, 1.54) is 0 Å². The number of aliphatic carboxylic acids is 2. The zero-order valence-corrected chi connectivity index (χ0v) is 6.27. The standard InChI is InChI=1S/C5H8BNO5/c8-4(9)1-7(3-6-12)2-5(10)11/h1-3H2,(H,8,9)(H,10,11). The molecule has 0 aliphatic heterocycles. The summed E-state index contributed by atoms with van der Waals surface area (Å²) in [5, 5.41) is 16.5. The van der Waals surface area contributed by atoms with E-state index < -0.39 is 25.0 Å². The molecule has 0 bridgehead atoms. The van der Waals surface area contributed by atoms with Gasteiger partial charge in [-0.2, -0.15) is 0 Å². The molecule has 2 N–H and O–H groups in total. The van der Waals surface area contributed by atoms with E-state index in [1.54, 1.807) is 0 Å². The summed E-state index contributed by atoms with van der Waals surface area (Å²) in [5.74, 6) is -2.31. The Morgan fingerprint density at radius 1 is 1.17 bits per heavy atom. The Kier molecular flexibility index (Phi) is 4.86. The van der Waals surface area contributed by atoms with Crippen LogP contribution in [0.25, 0.3) is 0 Å². The first-order valence-corrected chi connectivity index (χ1v) is 3.16. The van der Waals surface area contributed by atoms with Crippen molar-refractivity contribution in [2.45, 2.75) is 0 Å². The normalized spacial score (nSPS) is 9.42. The molecular formula is C5H8BNO5. The molecule has 0 unspecified atom stereocenters. The number of hydrogen-bond donors (Lipinski definition) is 2. The van der Waals surface area contributed by atoms with E-state index in [4.69, 9.17) is 10.2 Å². The van der Waals surface area contributed by atoms with Crippen LogP contribution in [0.2, 0.25) is 0 Å². The Hall–Kier alpha value is -1.24. The van der Waals surface area contributed by atoms with Gasteiger partial charge in [-0.1, -0.05) is 0 Å². The summed E-state index contributed by atoms with van der Waals surface area (Å²) in [4.78, 5) is 21.2. The quantitative estimate of drug-likeness (QED) is 0.472. The molecule has 0 spiro atoms. The monoisotopic (exact) mass is 173 g/mol. The molecule has 12 heavy (non-hydrogen) atoms. The fourth-order valence-corrected chi connectivity index (χ4v) is 0.673. The molecular weight excluding hydrogens is 165 g/mol. The van der Waals surface area contributed by atoms with Crippen LogP contribution in [0.4, 0.5) is 0 Å². The second-order valence-electron chi connectivity index (χ2n) is 2.12. The SMILES string of the molecule is O=BCN(CC(=O)O)CC(=O)O. The van der Waals surface area contributed by atoms with Gasteiger partial charge in [-0.15, -0.1) is 0 Å². The van der Waals surface area contributed by atoms with E-state index in [0.29, 0.717) is 7.15 Å². The van der Waals surface area contributed by atoms with E-state index in [1.807, 2.05) is 0 Å². The van der Waals surface area contributed by atoms with Crippen molar-refractivity contribution in [1.82, 2.24) is 4.90 Å². The van der Waals surface area contributed by atoms with Gasteiger partial charge in [-0.05, 0) is 0 Å². The van der Waals surface area contributed by atoms with Crippen LogP contribution in [0, 0.1) is 0 Å². The summed E-state index contributed by atoms with van der Waals surface area (Å²) in [7, 11) is 0.464. The molecule has 0 amide bonds. The van der Waals surface area contributed by atoms with Crippen molar-refractivity contribution in [3.63, 3.8) is 0 Å². The van der Waals surface area contributed by atoms with Gasteiger partial charge in [0.05, 0.1) is 0 Å². The first-order valence-electron chi connectivity index (χ1n) is 3.16. The van der Waals surface area contributed by atoms with Crippen LogP contribution in [0.1, 0.15) is 0 Å². The van der Waals surface area contributed by atoms with Crippen molar-refractivity contribution in [3.8, 4) is 0 Å². The number of carbonyl (C=O) groups is 2. The molecule has 0 radical (unpaired) electrons. The molecule has 0 aliphatic rings. The Balaban J connectivity index is 3.93. The second-order valence-corrected chi connectivity index (χ2v) is 2.12. The molecule has 0 atom stereocenters. The van der Waals surface area contributed by atoms with Crippen molar-refractivity contribution in [2.24, 2.45) is 0 Å². The van der Waals surface area contributed by atoms with Gasteiger partial charge in [0.25, 0.3) is 0 Å². The van der Waals surface area contributed by atoms with E-state index in [0.717, 1.165) is 4.90 Å². The maximum atomic E-state index is 10.1. The molecule has 0 aromatic carbocycles. The van der Waals surface area contributed by atoms with E-state index in [9.17, 15) is 14.3 Å². The molecule has 0 aromatic rings. The first-order chi connectivity index (χ1) is 5.56. The molecule has 0 aromatic heterocycles. The Labute approximate surface area is 69.0 Å². The van der Waals surface area contributed by atoms with Crippen LogP contribution in [-0.2, 0) is 14.3 Å². The number of hydrogen-bond acceptors (Lipinski definition) is 4. The van der Waals surface area contributed by atoms with Crippen LogP contribution in [0.15, 0.2) is 0 Å². The number of rotatable bonds is 6. The molecule has 0 rings (SSSR count). The van der Waals surface area contributed by atoms with Crippen LogP contribution in [0.5, 0.6) is 0 Å². The van der Waals surface area contributed by atoms with Crippen LogP contribution in [-0.4, -0.2) is 53.7 Å². The van der Waals surface area contributed by atoms with E-state index >= 15 is 0 Å². The summed E-state index contributed by atoms with van der Waals surface area (Å²) < 4.78 is 9.95. The predicted octanol–water partition coefficient (Wildman–Crippen LogP) is -1.54. The van der Waals surface area contributed by atoms with Gasteiger partial charge >= 0.3 is 68.0 Å². The summed E-state index contributed by atoms with van der Waals surface area (Å²) in [6.07, 6.45) is -0.182. The molecule has 0 aliphatic carbocycles. The zero-order valence-electron chi connectivity index (χ0n) is 6.27. The van der Waals surface area contributed by atoms with Gasteiger partial charge < -0.3 is 0 Å². The minimum atomic E-state index is -1.15.